The van der Waals surface area contributed by atoms with Crippen LogP contribution in [0.4, 0.5) is 5.69 Å². The molecule has 2 aliphatic rings. The van der Waals surface area contributed by atoms with Gasteiger partial charge in [-0.15, -0.1) is 13.1 Å². The van der Waals surface area contributed by atoms with Crippen molar-refractivity contribution in [2.45, 2.75) is 12.5 Å². The van der Waals surface area contributed by atoms with Crippen molar-refractivity contribution in [3.05, 3.63) is 94.1 Å². The van der Waals surface area contributed by atoms with Gasteiger partial charge in [0.15, 0.2) is 0 Å². The molecule has 0 aromatic heterocycles. The zero-order chi connectivity index (χ0) is 23.9. The molecular formula is C26H26ClKN4O3. The van der Waals surface area contributed by atoms with Gasteiger partial charge in [-0.2, -0.15) is 0 Å². The Labute approximate surface area is 252 Å². The van der Waals surface area contributed by atoms with Crippen molar-refractivity contribution in [1.82, 2.24) is 4.90 Å². The van der Waals surface area contributed by atoms with Gasteiger partial charge in [-0.05, 0) is 67.0 Å². The zero-order valence-corrected chi connectivity index (χ0v) is 23.5. The summed E-state index contributed by atoms with van der Waals surface area (Å²) in [5, 5.41) is 25.4. The normalized spacial score (nSPS) is 18.1. The average Bonchev–Trinajstić information content (AvgIpc) is 2.87. The molecule has 2 aromatic rings. The van der Waals surface area contributed by atoms with Gasteiger partial charge in [0.1, 0.15) is 11.4 Å². The van der Waals surface area contributed by atoms with Crippen LogP contribution in [0.5, 0.6) is 5.75 Å². The van der Waals surface area contributed by atoms with Crippen molar-refractivity contribution in [2.24, 2.45) is 0 Å². The number of allylic oxidation sites excluding steroid dienone is 3. The standard InChI is InChI=1S/C26H26ClN4O3.K/c27-20-5-7-21(8-6-20)30-26(33)25(24(17-28)31-15-13-29-14-16-31)34-23-11-3-19(4-12-23)18-1-9-22(32)10-2-18;/h1-9,11-12,17,22,28,32H,10,13-16H2,(H,30,33);/q-1;+1/b25-24-,28-17?;. The average molecular weight is 517 g/mol. The first-order valence-corrected chi connectivity index (χ1v) is 11.5. The molecule has 0 spiro atoms. The van der Waals surface area contributed by atoms with Crippen LogP contribution in [0.3, 0.4) is 0 Å². The molecular weight excluding hydrogens is 491 g/mol. The molecule has 176 valence electrons. The largest absolute Gasteiger partial charge is 1.00 e. The van der Waals surface area contributed by atoms with Crippen LogP contribution in [-0.2, 0) is 4.79 Å². The Morgan fingerprint density at radius 2 is 1.83 bits per heavy atom. The molecule has 1 aliphatic heterocycles. The number of anilines is 1. The summed E-state index contributed by atoms with van der Waals surface area (Å²) < 4.78 is 6.08. The number of amides is 1. The third kappa shape index (κ3) is 7.61. The predicted molar refractivity (Wildman–Crippen MR) is 135 cm³/mol. The molecule has 3 N–H and O–H groups in total. The van der Waals surface area contributed by atoms with Crippen LogP contribution in [0.2, 0.25) is 5.02 Å². The van der Waals surface area contributed by atoms with Crippen molar-refractivity contribution in [3.63, 3.8) is 0 Å². The molecule has 0 radical (unpaired) electrons. The number of halogens is 1. The number of carbonyl (C=O) groups is 1. The fourth-order valence-corrected chi connectivity index (χ4v) is 3.87. The topological polar surface area (TPSA) is 99.8 Å². The van der Waals surface area contributed by atoms with Crippen molar-refractivity contribution < 1.29 is 66.0 Å². The first-order chi connectivity index (χ1) is 16.5. The number of ether oxygens (including phenoxy) is 1. The Balaban J connectivity index is 0.00000342. The minimum atomic E-state index is -0.459. The van der Waals surface area contributed by atoms with Crippen LogP contribution < -0.4 is 61.4 Å². The summed E-state index contributed by atoms with van der Waals surface area (Å²) in [5.41, 5.74) is 2.97. The SMILES string of the molecule is N=C/C(=C(/Oc1ccc(C2=CCC(O)C=C2)cc1)C(=O)Nc1ccc(Cl)cc1)N1CC[N-]CC1.[K+]. The second-order valence-corrected chi connectivity index (χ2v) is 8.36. The molecule has 0 bridgehead atoms. The Kier molecular flexibility index (Phi) is 10.8. The zero-order valence-electron chi connectivity index (χ0n) is 19.6. The van der Waals surface area contributed by atoms with Gasteiger partial charge in [0.05, 0.1) is 6.10 Å². The Morgan fingerprint density at radius 3 is 2.43 bits per heavy atom. The van der Waals surface area contributed by atoms with E-state index >= 15 is 0 Å². The Bertz CT molecular complexity index is 1120. The van der Waals surface area contributed by atoms with E-state index in [-0.39, 0.29) is 57.1 Å². The summed E-state index contributed by atoms with van der Waals surface area (Å²) in [6.45, 7) is 2.49. The maximum absolute atomic E-state index is 13.3. The minimum absolute atomic E-state index is 0. The summed E-state index contributed by atoms with van der Waals surface area (Å²) in [6, 6.07) is 14.2. The Hall–Kier alpha value is -1.75. The molecule has 7 nitrogen and oxygen atoms in total. The second kappa shape index (κ2) is 13.5. The number of aliphatic hydroxyl groups excluding tert-OH is 1. The molecule has 1 saturated heterocycles. The van der Waals surface area contributed by atoms with E-state index in [0.717, 1.165) is 17.4 Å². The molecule has 1 aliphatic carbocycles. The van der Waals surface area contributed by atoms with Crippen LogP contribution in [0.1, 0.15) is 12.0 Å². The van der Waals surface area contributed by atoms with E-state index < -0.39 is 12.0 Å². The van der Waals surface area contributed by atoms with Gasteiger partial charge in [0.25, 0.3) is 5.91 Å². The molecule has 1 fully saturated rings. The molecule has 1 heterocycles. The van der Waals surface area contributed by atoms with E-state index in [9.17, 15) is 9.90 Å². The number of benzene rings is 2. The van der Waals surface area contributed by atoms with Gasteiger partial charge in [-0.1, -0.05) is 42.0 Å². The fourth-order valence-electron chi connectivity index (χ4n) is 3.74. The van der Waals surface area contributed by atoms with Crippen LogP contribution in [0, 0.1) is 5.41 Å². The maximum atomic E-state index is 13.3. The van der Waals surface area contributed by atoms with E-state index in [0.29, 0.717) is 54.8 Å². The molecule has 0 saturated carbocycles. The second-order valence-electron chi connectivity index (χ2n) is 7.93. The van der Waals surface area contributed by atoms with Crippen molar-refractivity contribution >= 4 is 35.0 Å². The summed E-state index contributed by atoms with van der Waals surface area (Å²) in [4.78, 5) is 15.2. The van der Waals surface area contributed by atoms with E-state index in [4.69, 9.17) is 21.7 Å². The summed E-state index contributed by atoms with van der Waals surface area (Å²) in [6.07, 6.45) is 6.93. The van der Waals surface area contributed by atoms with Crippen molar-refractivity contribution in [1.29, 1.82) is 5.41 Å². The van der Waals surface area contributed by atoms with Crippen LogP contribution in [0.15, 0.2) is 78.2 Å². The van der Waals surface area contributed by atoms with E-state index in [1.54, 1.807) is 42.5 Å². The van der Waals surface area contributed by atoms with Crippen LogP contribution in [-0.4, -0.2) is 54.4 Å². The maximum Gasteiger partial charge on any atom is 1.00 e. The van der Waals surface area contributed by atoms with Crippen LogP contribution >= 0.6 is 11.6 Å². The number of piperazine rings is 1. The number of hydrogen-bond acceptors (Lipinski definition) is 5. The minimum Gasteiger partial charge on any atom is -0.659 e. The van der Waals surface area contributed by atoms with Gasteiger partial charge in [-0.25, -0.2) is 0 Å². The Morgan fingerprint density at radius 1 is 1.14 bits per heavy atom. The number of aliphatic hydroxyl groups is 1. The number of carbonyl (C=O) groups excluding carboxylic acids is 1. The number of nitrogens with one attached hydrogen (secondary N) is 2. The van der Waals surface area contributed by atoms with Gasteiger partial charge in [0.2, 0.25) is 5.76 Å². The van der Waals surface area contributed by atoms with Gasteiger partial charge in [-0.3, -0.25) is 4.79 Å². The van der Waals surface area contributed by atoms with Gasteiger partial charge >= 0.3 is 51.4 Å². The smallest absolute Gasteiger partial charge is 0.659 e. The van der Waals surface area contributed by atoms with Gasteiger partial charge in [0, 0.05) is 16.9 Å². The van der Waals surface area contributed by atoms with Crippen molar-refractivity contribution in [2.75, 3.05) is 31.5 Å². The quantitative estimate of drug-likeness (QED) is 0.225. The summed E-state index contributed by atoms with van der Waals surface area (Å²) in [7, 11) is 0. The van der Waals surface area contributed by atoms with Crippen molar-refractivity contribution in [3.8, 4) is 5.75 Å². The molecule has 1 atom stereocenters. The third-order valence-electron chi connectivity index (χ3n) is 5.56. The number of nitrogens with zero attached hydrogens (tertiary/aromatic N) is 2. The van der Waals surface area contributed by atoms with E-state index in [1.165, 1.54) is 0 Å². The molecule has 4 rings (SSSR count). The van der Waals surface area contributed by atoms with E-state index in [1.807, 2.05) is 29.2 Å². The molecule has 1 amide bonds. The summed E-state index contributed by atoms with van der Waals surface area (Å²) in [5.74, 6) is 0.0605. The third-order valence-corrected chi connectivity index (χ3v) is 5.81. The summed E-state index contributed by atoms with van der Waals surface area (Å²) >= 11 is 5.96. The first-order valence-electron chi connectivity index (χ1n) is 11.1. The molecule has 35 heavy (non-hydrogen) atoms. The van der Waals surface area contributed by atoms with Gasteiger partial charge < -0.3 is 30.8 Å². The first kappa shape index (κ1) is 27.8. The number of rotatable bonds is 7. The monoisotopic (exact) mass is 516 g/mol. The predicted octanol–water partition coefficient (Wildman–Crippen LogP) is 1.62. The molecule has 1 unspecified atom stereocenters. The molecule has 9 heteroatoms. The van der Waals surface area contributed by atoms with E-state index in [2.05, 4.69) is 10.6 Å². The molecule has 2 aromatic carbocycles. The fraction of sp³-hybridized carbons (Fsp3) is 0.231. The number of hydrogen-bond donors (Lipinski definition) is 3. The van der Waals surface area contributed by atoms with Crippen LogP contribution in [0.25, 0.3) is 10.9 Å².